The van der Waals surface area contributed by atoms with Gasteiger partial charge in [-0.25, -0.2) is 14.1 Å². The molecule has 8 nitrogen and oxygen atoms in total. The van der Waals surface area contributed by atoms with Crippen LogP contribution in [0.1, 0.15) is 64.2 Å². The number of benzene rings is 1. The summed E-state index contributed by atoms with van der Waals surface area (Å²) in [5.74, 6) is 0.251. The molecule has 0 spiro atoms. The number of anilines is 1. The van der Waals surface area contributed by atoms with Gasteiger partial charge in [-0.15, -0.1) is 0 Å². The van der Waals surface area contributed by atoms with Crippen LogP contribution in [0, 0.1) is 17.7 Å². The van der Waals surface area contributed by atoms with Crippen molar-refractivity contribution in [2.75, 3.05) is 31.1 Å². The zero-order valence-corrected chi connectivity index (χ0v) is 23.1. The van der Waals surface area contributed by atoms with E-state index in [0.29, 0.717) is 55.0 Å². The minimum Gasteiger partial charge on any atom is -0.493 e. The molecule has 37 heavy (non-hydrogen) atoms. The van der Waals surface area contributed by atoms with E-state index in [1.54, 1.807) is 18.2 Å². The van der Waals surface area contributed by atoms with Crippen molar-refractivity contribution in [1.82, 2.24) is 14.0 Å². The Morgan fingerprint density at radius 1 is 1.22 bits per heavy atom. The lowest BCUT2D eigenvalue weighted by Gasteiger charge is -2.34. The van der Waals surface area contributed by atoms with Crippen LogP contribution < -0.4 is 14.4 Å². The van der Waals surface area contributed by atoms with Gasteiger partial charge in [-0.1, -0.05) is 20.8 Å². The van der Waals surface area contributed by atoms with Gasteiger partial charge in [-0.3, -0.25) is 4.79 Å². The van der Waals surface area contributed by atoms with Gasteiger partial charge < -0.3 is 9.64 Å². The third kappa shape index (κ3) is 6.23. The molecule has 4 rings (SSSR count). The highest BCUT2D eigenvalue weighted by molar-refractivity contribution is 7.87. The minimum atomic E-state index is -3.95. The van der Waals surface area contributed by atoms with Gasteiger partial charge in [0, 0.05) is 36.8 Å². The SMILES string of the molecule is CC(C)COc1cc(F)cc(-c2ccc(C(=O)NS(=O)(=O)N3CCCC3)c(N3C[C@H](C)CC3(C)C)n2)c1. The number of aromatic nitrogens is 1. The molecule has 202 valence electrons. The number of nitrogens with zero attached hydrogens (tertiary/aromatic N) is 3. The van der Waals surface area contributed by atoms with Gasteiger partial charge in [-0.2, -0.15) is 12.7 Å². The highest BCUT2D eigenvalue weighted by Crippen LogP contribution is 2.38. The zero-order valence-electron chi connectivity index (χ0n) is 22.3. The van der Waals surface area contributed by atoms with E-state index >= 15 is 0 Å². The Labute approximate surface area is 219 Å². The van der Waals surface area contributed by atoms with Crippen LogP contribution in [0.4, 0.5) is 10.2 Å². The molecule has 2 aliphatic heterocycles. The van der Waals surface area contributed by atoms with Gasteiger partial charge in [0.05, 0.1) is 17.9 Å². The molecule has 1 aromatic carbocycles. The van der Waals surface area contributed by atoms with E-state index in [9.17, 15) is 17.6 Å². The van der Waals surface area contributed by atoms with Crippen molar-refractivity contribution in [3.8, 4) is 17.0 Å². The van der Waals surface area contributed by atoms with Crippen LogP contribution in [0.15, 0.2) is 30.3 Å². The summed E-state index contributed by atoms with van der Waals surface area (Å²) in [6.45, 7) is 12.2. The molecule has 0 bridgehead atoms. The van der Waals surface area contributed by atoms with E-state index < -0.39 is 21.9 Å². The molecule has 2 aliphatic rings. The summed E-state index contributed by atoms with van der Waals surface area (Å²) in [5, 5.41) is 0. The van der Waals surface area contributed by atoms with Gasteiger partial charge in [0.1, 0.15) is 17.4 Å². The molecule has 0 unspecified atom stereocenters. The molecule has 1 atom stereocenters. The summed E-state index contributed by atoms with van der Waals surface area (Å²) < 4.78 is 49.4. The number of halogens is 1. The summed E-state index contributed by atoms with van der Waals surface area (Å²) >= 11 is 0. The first-order valence-corrected chi connectivity index (χ1v) is 14.3. The summed E-state index contributed by atoms with van der Waals surface area (Å²) in [5.41, 5.74) is 0.850. The number of hydrogen-bond donors (Lipinski definition) is 1. The number of rotatable bonds is 8. The van der Waals surface area contributed by atoms with E-state index in [2.05, 4.69) is 25.5 Å². The monoisotopic (exact) mass is 532 g/mol. The predicted molar refractivity (Wildman–Crippen MR) is 142 cm³/mol. The molecular weight excluding hydrogens is 495 g/mol. The fraction of sp³-hybridized carbons (Fsp3) is 0.556. The van der Waals surface area contributed by atoms with Crippen molar-refractivity contribution in [3.05, 3.63) is 41.7 Å². The van der Waals surface area contributed by atoms with Gasteiger partial charge in [0.2, 0.25) is 0 Å². The summed E-state index contributed by atoms with van der Waals surface area (Å²) in [6.07, 6.45) is 2.43. The number of nitrogens with one attached hydrogen (secondary N) is 1. The fourth-order valence-corrected chi connectivity index (χ4v) is 6.39. The Morgan fingerprint density at radius 3 is 2.54 bits per heavy atom. The molecule has 0 radical (unpaired) electrons. The van der Waals surface area contributed by atoms with Crippen LogP contribution in [0.2, 0.25) is 0 Å². The Bertz CT molecular complexity index is 1260. The lowest BCUT2D eigenvalue weighted by atomic mass is 9.97. The number of carbonyl (C=O) groups is 1. The Morgan fingerprint density at radius 2 is 1.92 bits per heavy atom. The quantitative estimate of drug-likeness (QED) is 0.534. The van der Waals surface area contributed by atoms with Crippen molar-refractivity contribution in [1.29, 1.82) is 0 Å². The maximum absolute atomic E-state index is 14.5. The van der Waals surface area contributed by atoms with E-state index in [4.69, 9.17) is 9.72 Å². The number of carbonyl (C=O) groups excluding carboxylic acids is 1. The number of hydrogen-bond acceptors (Lipinski definition) is 6. The molecule has 0 aliphatic carbocycles. The van der Waals surface area contributed by atoms with E-state index in [1.165, 1.54) is 16.4 Å². The molecule has 10 heteroatoms. The topological polar surface area (TPSA) is 91.8 Å². The van der Waals surface area contributed by atoms with E-state index in [0.717, 1.165) is 19.3 Å². The van der Waals surface area contributed by atoms with Gasteiger partial charge in [0.15, 0.2) is 0 Å². The number of ether oxygens (including phenoxy) is 1. The minimum absolute atomic E-state index is 0.168. The maximum Gasteiger partial charge on any atom is 0.304 e. The highest BCUT2D eigenvalue weighted by atomic mass is 32.2. The van der Waals surface area contributed by atoms with Crippen LogP contribution in [0.25, 0.3) is 11.3 Å². The summed E-state index contributed by atoms with van der Waals surface area (Å²) in [4.78, 5) is 20.2. The largest absolute Gasteiger partial charge is 0.493 e. The van der Waals surface area contributed by atoms with E-state index in [1.807, 2.05) is 18.7 Å². The van der Waals surface area contributed by atoms with Crippen molar-refractivity contribution in [3.63, 3.8) is 0 Å². The predicted octanol–water partition coefficient (Wildman–Crippen LogP) is 4.62. The third-order valence-corrected chi connectivity index (χ3v) is 8.31. The highest BCUT2D eigenvalue weighted by Gasteiger charge is 2.39. The van der Waals surface area contributed by atoms with Crippen molar-refractivity contribution >= 4 is 21.9 Å². The zero-order chi connectivity index (χ0) is 27.0. The summed E-state index contributed by atoms with van der Waals surface area (Å²) in [7, 11) is -3.95. The lowest BCUT2D eigenvalue weighted by molar-refractivity contribution is 0.0979. The van der Waals surface area contributed by atoms with E-state index in [-0.39, 0.29) is 17.0 Å². The van der Waals surface area contributed by atoms with Crippen LogP contribution in [-0.4, -0.2) is 55.4 Å². The maximum atomic E-state index is 14.5. The number of amides is 1. The first kappa shape index (κ1) is 27.3. The second-order valence-electron chi connectivity index (χ2n) is 11.2. The molecule has 0 saturated carbocycles. The van der Waals surface area contributed by atoms with Crippen LogP contribution in [-0.2, 0) is 10.2 Å². The molecular formula is C27H37FN4O4S. The summed E-state index contributed by atoms with van der Waals surface area (Å²) in [6, 6.07) is 7.64. The lowest BCUT2D eigenvalue weighted by Crippen LogP contribution is -2.44. The van der Waals surface area contributed by atoms with Crippen molar-refractivity contribution < 1.29 is 22.3 Å². The average molecular weight is 533 g/mol. The van der Waals surface area contributed by atoms with Crippen LogP contribution in [0.5, 0.6) is 5.75 Å². The Balaban J connectivity index is 1.74. The molecule has 2 fully saturated rings. The third-order valence-electron chi connectivity index (χ3n) is 6.83. The standard InChI is InChI=1S/C27H37FN4O4S/c1-18(2)17-36-22-13-20(12-21(28)14-22)24-9-8-23(25(29-24)32-16-19(3)15-27(32,4)5)26(33)30-37(34,35)31-10-6-7-11-31/h8-9,12-14,18-19H,6-7,10-11,15-17H2,1-5H3,(H,30,33)/t19-/m1/s1. The van der Waals surface area contributed by atoms with Crippen LogP contribution >= 0.6 is 0 Å². The van der Waals surface area contributed by atoms with Gasteiger partial charge in [-0.05, 0) is 69.2 Å². The Hall–Kier alpha value is -2.72. The van der Waals surface area contributed by atoms with Crippen LogP contribution in [0.3, 0.4) is 0 Å². The fourth-order valence-electron chi connectivity index (χ4n) is 5.17. The molecule has 3 heterocycles. The molecule has 1 aromatic heterocycles. The first-order valence-electron chi connectivity index (χ1n) is 12.9. The second kappa shape index (κ2) is 10.6. The average Bonchev–Trinajstić information content (AvgIpc) is 3.44. The van der Waals surface area contributed by atoms with Crippen molar-refractivity contribution in [2.45, 2.75) is 59.4 Å². The molecule has 1 amide bonds. The first-order chi connectivity index (χ1) is 17.4. The normalized spacial score (nSPS) is 20.0. The second-order valence-corrected chi connectivity index (χ2v) is 12.9. The molecule has 2 saturated heterocycles. The Kier molecular flexibility index (Phi) is 7.80. The van der Waals surface area contributed by atoms with Crippen molar-refractivity contribution in [2.24, 2.45) is 11.8 Å². The smallest absolute Gasteiger partial charge is 0.304 e. The molecule has 1 N–H and O–H groups in total. The number of pyridine rings is 1. The van der Waals surface area contributed by atoms with Gasteiger partial charge >= 0.3 is 10.2 Å². The van der Waals surface area contributed by atoms with Gasteiger partial charge in [0.25, 0.3) is 5.91 Å². The molecule has 2 aromatic rings.